The Balaban J connectivity index is 2.37. The molecular weight excluding hydrogens is 350 g/mol. The van der Waals surface area contributed by atoms with Crippen molar-refractivity contribution in [2.45, 2.75) is 51.0 Å². The van der Waals surface area contributed by atoms with E-state index in [1.165, 1.54) is 5.57 Å². The van der Waals surface area contributed by atoms with Crippen molar-refractivity contribution in [3.63, 3.8) is 0 Å². The normalized spacial score (nSPS) is 21.4. The summed E-state index contributed by atoms with van der Waals surface area (Å²) in [5.74, 6) is 0. The van der Waals surface area contributed by atoms with E-state index in [0.29, 0.717) is 11.4 Å². The van der Waals surface area contributed by atoms with E-state index in [0.717, 1.165) is 29.3 Å². The highest BCUT2D eigenvalue weighted by Gasteiger charge is 2.37. The quantitative estimate of drug-likeness (QED) is 0.793. The molecule has 1 unspecified atom stereocenters. The largest absolute Gasteiger partial charge is 0.243 e. The third-order valence-electron chi connectivity index (χ3n) is 4.06. The minimum Gasteiger partial charge on any atom is -0.207 e. The zero-order valence-corrected chi connectivity index (χ0v) is 15.2. The van der Waals surface area contributed by atoms with E-state index >= 15 is 0 Å². The third-order valence-corrected chi connectivity index (χ3v) is 7.19. The summed E-state index contributed by atoms with van der Waals surface area (Å²) in [5.41, 5.74) is 2.28. The molecule has 3 nitrogen and oxygen atoms in total. The van der Waals surface area contributed by atoms with E-state index in [1.807, 2.05) is 19.1 Å². The molecule has 0 saturated carbocycles. The highest BCUT2D eigenvalue weighted by atomic mass is 79.9. The lowest BCUT2D eigenvalue weighted by Gasteiger charge is -2.25. The molecule has 1 aliphatic rings. The highest BCUT2D eigenvalue weighted by molar-refractivity contribution is 9.11. The van der Waals surface area contributed by atoms with Crippen LogP contribution in [-0.2, 0) is 10.0 Å². The van der Waals surface area contributed by atoms with Gasteiger partial charge in [-0.15, -0.1) is 0 Å². The summed E-state index contributed by atoms with van der Waals surface area (Å²) in [5, 5.41) is 0. The second-order valence-corrected chi connectivity index (χ2v) is 8.31. The van der Waals surface area contributed by atoms with Gasteiger partial charge in [0.25, 0.3) is 0 Å². The fraction of sp³-hybridized carbons (Fsp3) is 0.500. The molecule has 0 radical (unpaired) electrons. The van der Waals surface area contributed by atoms with Gasteiger partial charge in [0.1, 0.15) is 0 Å². The molecular formula is C16H22BrNO2S. The summed E-state index contributed by atoms with van der Waals surface area (Å²) >= 11 is 3.62. The van der Waals surface area contributed by atoms with Crippen LogP contribution >= 0.6 is 15.9 Å². The van der Waals surface area contributed by atoms with E-state index in [1.54, 1.807) is 16.4 Å². The van der Waals surface area contributed by atoms with Crippen LogP contribution in [0.3, 0.4) is 0 Å². The third kappa shape index (κ3) is 3.41. The molecule has 1 saturated heterocycles. The van der Waals surface area contributed by atoms with Gasteiger partial charge in [-0.3, -0.25) is 0 Å². The Kier molecular flexibility index (Phi) is 5.28. The maximum Gasteiger partial charge on any atom is 0.243 e. The zero-order valence-electron chi connectivity index (χ0n) is 12.8. The molecule has 0 amide bonds. The average Bonchev–Trinajstić information content (AvgIpc) is 2.96. The second kappa shape index (κ2) is 6.63. The summed E-state index contributed by atoms with van der Waals surface area (Å²) in [6.45, 7) is 6.69. The van der Waals surface area contributed by atoms with Gasteiger partial charge in [0.2, 0.25) is 10.0 Å². The molecule has 0 bridgehead atoms. The van der Waals surface area contributed by atoms with Gasteiger partial charge in [-0.05, 0) is 45.2 Å². The number of sulfonamides is 1. The Morgan fingerprint density at radius 3 is 2.52 bits per heavy atom. The molecule has 1 atom stereocenters. The molecule has 0 aliphatic carbocycles. The number of benzene rings is 1. The molecule has 1 aliphatic heterocycles. The first kappa shape index (κ1) is 16.7. The summed E-state index contributed by atoms with van der Waals surface area (Å²) in [6.07, 6.45) is 2.71. The first-order valence-corrected chi connectivity index (χ1v) is 9.55. The van der Waals surface area contributed by atoms with Crippen molar-refractivity contribution in [1.82, 2.24) is 4.31 Å². The molecule has 5 heteroatoms. The van der Waals surface area contributed by atoms with Crippen LogP contribution in [0.4, 0.5) is 0 Å². The molecule has 1 aromatic carbocycles. The number of aryl methyl sites for hydroxylation is 1. The Morgan fingerprint density at radius 1 is 1.33 bits per heavy atom. The standard InChI is InChI=1S/C16H22BrNO2S/c1-4-13(3)16(17)15-6-5-11-18(15)21(19,20)14-9-7-12(2)8-10-14/h7-10,15H,4-6,11H2,1-3H3/b16-13-. The van der Waals surface area contributed by atoms with Crippen molar-refractivity contribution in [1.29, 1.82) is 0 Å². The van der Waals surface area contributed by atoms with Crippen LogP contribution in [-0.4, -0.2) is 25.3 Å². The van der Waals surface area contributed by atoms with Crippen LogP contribution in [0.2, 0.25) is 0 Å². The maximum atomic E-state index is 12.9. The van der Waals surface area contributed by atoms with Gasteiger partial charge < -0.3 is 0 Å². The SMILES string of the molecule is CC/C(C)=C(\Br)C1CCCN1S(=O)(=O)c1ccc(C)cc1. The molecule has 0 spiro atoms. The first-order chi connectivity index (χ1) is 9.87. The van der Waals surface area contributed by atoms with E-state index in [9.17, 15) is 8.42 Å². The Hall–Kier alpha value is -0.650. The number of nitrogens with zero attached hydrogens (tertiary/aromatic N) is 1. The van der Waals surface area contributed by atoms with Crippen molar-refractivity contribution >= 4 is 26.0 Å². The van der Waals surface area contributed by atoms with Gasteiger partial charge >= 0.3 is 0 Å². The maximum absolute atomic E-state index is 12.9. The summed E-state index contributed by atoms with van der Waals surface area (Å²) in [4.78, 5) is 0.384. The van der Waals surface area contributed by atoms with Gasteiger partial charge in [0.15, 0.2) is 0 Å². The minimum atomic E-state index is -3.42. The van der Waals surface area contributed by atoms with Crippen LogP contribution in [0.1, 0.15) is 38.7 Å². The molecule has 21 heavy (non-hydrogen) atoms. The van der Waals surface area contributed by atoms with Crippen LogP contribution in [0.5, 0.6) is 0 Å². The Morgan fingerprint density at radius 2 is 1.95 bits per heavy atom. The van der Waals surface area contributed by atoms with Crippen molar-refractivity contribution in [3.8, 4) is 0 Å². The first-order valence-electron chi connectivity index (χ1n) is 7.31. The summed E-state index contributed by atoms with van der Waals surface area (Å²) < 4.78 is 28.4. The average molecular weight is 372 g/mol. The smallest absolute Gasteiger partial charge is 0.207 e. The fourth-order valence-corrected chi connectivity index (χ4v) is 5.14. The second-order valence-electron chi connectivity index (χ2n) is 5.57. The highest BCUT2D eigenvalue weighted by Crippen LogP contribution is 2.34. The predicted molar refractivity (Wildman–Crippen MR) is 90.0 cm³/mol. The van der Waals surface area contributed by atoms with Crippen LogP contribution < -0.4 is 0 Å². The zero-order chi connectivity index (χ0) is 15.6. The molecule has 1 aromatic rings. The molecule has 1 fully saturated rings. The predicted octanol–water partition coefficient (Wildman–Crippen LogP) is 4.23. The number of halogens is 1. The lowest BCUT2D eigenvalue weighted by Crippen LogP contribution is -2.36. The van der Waals surface area contributed by atoms with Gasteiger partial charge in [0, 0.05) is 11.0 Å². The topological polar surface area (TPSA) is 37.4 Å². The number of allylic oxidation sites excluding steroid dienone is 1. The van der Waals surface area contributed by atoms with Crippen LogP contribution in [0.25, 0.3) is 0 Å². The van der Waals surface area contributed by atoms with Crippen molar-refractivity contribution < 1.29 is 8.42 Å². The van der Waals surface area contributed by atoms with E-state index in [4.69, 9.17) is 0 Å². The van der Waals surface area contributed by atoms with Gasteiger partial charge in [-0.1, -0.05) is 46.1 Å². The van der Waals surface area contributed by atoms with Gasteiger partial charge in [-0.2, -0.15) is 4.31 Å². The summed E-state index contributed by atoms with van der Waals surface area (Å²) in [6, 6.07) is 7.03. The van der Waals surface area contributed by atoms with Crippen molar-refractivity contribution in [2.75, 3.05) is 6.54 Å². The Labute approximate surface area is 136 Å². The molecule has 1 heterocycles. The molecule has 2 rings (SSSR count). The van der Waals surface area contributed by atoms with E-state index < -0.39 is 10.0 Å². The summed E-state index contributed by atoms with van der Waals surface area (Å²) in [7, 11) is -3.42. The van der Waals surface area contributed by atoms with Gasteiger partial charge in [-0.25, -0.2) is 8.42 Å². The van der Waals surface area contributed by atoms with E-state index in [-0.39, 0.29) is 6.04 Å². The van der Waals surface area contributed by atoms with Crippen LogP contribution in [0.15, 0.2) is 39.2 Å². The lowest BCUT2D eigenvalue weighted by molar-refractivity contribution is 0.428. The monoisotopic (exact) mass is 371 g/mol. The Bertz CT molecular complexity index is 635. The molecule has 0 aromatic heterocycles. The lowest BCUT2D eigenvalue weighted by atomic mass is 10.1. The molecule has 116 valence electrons. The van der Waals surface area contributed by atoms with Crippen LogP contribution in [0, 0.1) is 6.92 Å². The van der Waals surface area contributed by atoms with Crippen molar-refractivity contribution in [2.24, 2.45) is 0 Å². The van der Waals surface area contributed by atoms with Gasteiger partial charge in [0.05, 0.1) is 10.9 Å². The number of hydrogen-bond donors (Lipinski definition) is 0. The molecule has 0 N–H and O–H groups in total. The number of rotatable bonds is 4. The van der Waals surface area contributed by atoms with Crippen molar-refractivity contribution in [3.05, 3.63) is 39.9 Å². The number of hydrogen-bond acceptors (Lipinski definition) is 2. The van der Waals surface area contributed by atoms with E-state index in [2.05, 4.69) is 29.8 Å². The fourth-order valence-electron chi connectivity index (χ4n) is 2.58. The minimum absolute atomic E-state index is 0.0590.